The van der Waals surface area contributed by atoms with Crippen molar-refractivity contribution in [2.75, 3.05) is 6.54 Å². The fourth-order valence-electron chi connectivity index (χ4n) is 1.56. The molecule has 0 bridgehead atoms. The Kier molecular flexibility index (Phi) is 4.95. The van der Waals surface area contributed by atoms with Gasteiger partial charge in [0.1, 0.15) is 0 Å². The van der Waals surface area contributed by atoms with E-state index in [2.05, 4.69) is 22.2 Å². The van der Waals surface area contributed by atoms with Crippen molar-refractivity contribution in [2.45, 2.75) is 19.9 Å². The van der Waals surface area contributed by atoms with Crippen LogP contribution in [0.3, 0.4) is 0 Å². The molecule has 20 heavy (non-hydrogen) atoms. The molecule has 1 aromatic heterocycles. The molecular weight excluding hydrogens is 264 g/mol. The van der Waals surface area contributed by atoms with Crippen molar-refractivity contribution in [3.63, 3.8) is 0 Å². The highest BCUT2D eigenvalue weighted by Gasteiger charge is 2.10. The average Bonchev–Trinajstić information content (AvgIpc) is 2.46. The minimum Gasteiger partial charge on any atom is -0.421 e. The first-order valence-corrected chi connectivity index (χ1v) is 6.34. The van der Waals surface area contributed by atoms with Gasteiger partial charge in [0.2, 0.25) is 5.82 Å². The Morgan fingerprint density at radius 1 is 1.20 bits per heavy atom. The summed E-state index contributed by atoms with van der Waals surface area (Å²) in [6, 6.07) is 3.68. The van der Waals surface area contributed by atoms with E-state index >= 15 is 0 Å². The van der Waals surface area contributed by atoms with Gasteiger partial charge in [0.05, 0.1) is 0 Å². The number of rotatable bonds is 6. The van der Waals surface area contributed by atoms with Crippen LogP contribution in [0.15, 0.2) is 30.6 Å². The van der Waals surface area contributed by atoms with Crippen LogP contribution in [0.25, 0.3) is 0 Å². The molecule has 1 aromatic carbocycles. The van der Waals surface area contributed by atoms with E-state index in [1.54, 1.807) is 12.4 Å². The van der Waals surface area contributed by atoms with E-state index in [1.807, 2.05) is 0 Å². The molecule has 2 rings (SSSR count). The summed E-state index contributed by atoms with van der Waals surface area (Å²) in [5.41, 5.74) is 0.894. The maximum absolute atomic E-state index is 13.4. The van der Waals surface area contributed by atoms with E-state index in [4.69, 9.17) is 4.74 Å². The molecule has 1 N–H and O–H groups in total. The molecule has 0 fully saturated rings. The summed E-state index contributed by atoms with van der Waals surface area (Å²) in [6.07, 6.45) is 4.21. The van der Waals surface area contributed by atoms with Gasteiger partial charge in [-0.1, -0.05) is 13.0 Å². The third-order valence-corrected chi connectivity index (χ3v) is 2.55. The summed E-state index contributed by atoms with van der Waals surface area (Å²) < 4.78 is 31.5. The van der Waals surface area contributed by atoms with Crippen LogP contribution in [0.2, 0.25) is 0 Å². The van der Waals surface area contributed by atoms with Crippen LogP contribution in [0, 0.1) is 11.6 Å². The quantitative estimate of drug-likeness (QED) is 0.826. The summed E-state index contributed by atoms with van der Waals surface area (Å²) in [5.74, 6) is -2.26. The van der Waals surface area contributed by atoms with Gasteiger partial charge < -0.3 is 10.1 Å². The van der Waals surface area contributed by atoms with Crippen molar-refractivity contribution in [1.29, 1.82) is 0 Å². The number of ether oxygens (including phenoxy) is 1. The number of nitrogens with one attached hydrogen (secondary N) is 1. The molecule has 0 amide bonds. The van der Waals surface area contributed by atoms with Gasteiger partial charge in [-0.2, -0.15) is 4.39 Å². The maximum atomic E-state index is 13.4. The first kappa shape index (κ1) is 14.3. The van der Waals surface area contributed by atoms with Crippen molar-refractivity contribution in [3.8, 4) is 11.8 Å². The Morgan fingerprint density at radius 3 is 2.65 bits per heavy atom. The van der Waals surface area contributed by atoms with Crippen LogP contribution in [-0.4, -0.2) is 16.5 Å². The van der Waals surface area contributed by atoms with Crippen LogP contribution in [0.1, 0.15) is 18.9 Å². The summed E-state index contributed by atoms with van der Waals surface area (Å²) in [4.78, 5) is 7.92. The Morgan fingerprint density at radius 2 is 1.95 bits per heavy atom. The molecule has 1 heterocycles. The summed E-state index contributed by atoms with van der Waals surface area (Å²) >= 11 is 0. The van der Waals surface area contributed by atoms with E-state index in [0.29, 0.717) is 6.54 Å². The minimum absolute atomic E-state index is 0.0197. The van der Waals surface area contributed by atoms with E-state index in [9.17, 15) is 8.78 Å². The molecule has 0 spiro atoms. The van der Waals surface area contributed by atoms with Gasteiger partial charge in [-0.25, -0.2) is 14.4 Å². The molecular formula is C14H15F2N3O. The van der Waals surface area contributed by atoms with E-state index in [-0.39, 0.29) is 11.8 Å². The SMILES string of the molecule is CCCNCc1cnc(Oc2cccc(F)c2F)nc1. The zero-order valence-corrected chi connectivity index (χ0v) is 11.1. The second-order valence-corrected chi connectivity index (χ2v) is 4.20. The summed E-state index contributed by atoms with van der Waals surface area (Å²) in [7, 11) is 0. The molecule has 4 nitrogen and oxygen atoms in total. The highest BCUT2D eigenvalue weighted by atomic mass is 19.2. The zero-order chi connectivity index (χ0) is 14.4. The molecule has 0 aliphatic heterocycles. The topological polar surface area (TPSA) is 47.0 Å². The fraction of sp³-hybridized carbons (Fsp3) is 0.286. The first-order chi connectivity index (χ1) is 9.70. The van der Waals surface area contributed by atoms with Crippen molar-refractivity contribution in [3.05, 3.63) is 47.8 Å². The Bertz CT molecular complexity index is 561. The smallest absolute Gasteiger partial charge is 0.321 e. The lowest BCUT2D eigenvalue weighted by Crippen LogP contribution is -2.14. The summed E-state index contributed by atoms with van der Waals surface area (Å²) in [6.45, 7) is 3.64. The second-order valence-electron chi connectivity index (χ2n) is 4.20. The van der Waals surface area contributed by atoms with Crippen LogP contribution in [-0.2, 0) is 6.54 Å². The number of halogens is 2. The summed E-state index contributed by atoms with van der Waals surface area (Å²) in [5, 5.41) is 3.21. The largest absolute Gasteiger partial charge is 0.421 e. The fourth-order valence-corrected chi connectivity index (χ4v) is 1.56. The molecule has 6 heteroatoms. The van der Waals surface area contributed by atoms with Gasteiger partial charge in [-0.15, -0.1) is 0 Å². The third-order valence-electron chi connectivity index (χ3n) is 2.55. The van der Waals surface area contributed by atoms with Crippen LogP contribution >= 0.6 is 0 Å². The van der Waals surface area contributed by atoms with E-state index in [0.717, 1.165) is 24.6 Å². The van der Waals surface area contributed by atoms with Crippen LogP contribution in [0.5, 0.6) is 11.8 Å². The molecule has 0 unspecified atom stereocenters. The lowest BCUT2D eigenvalue weighted by Gasteiger charge is -2.06. The molecule has 0 saturated heterocycles. The normalized spacial score (nSPS) is 10.6. The van der Waals surface area contributed by atoms with Gasteiger partial charge in [-0.05, 0) is 25.1 Å². The number of nitrogens with zero attached hydrogens (tertiary/aromatic N) is 2. The maximum Gasteiger partial charge on any atom is 0.321 e. The van der Waals surface area contributed by atoms with Gasteiger partial charge in [0.25, 0.3) is 0 Å². The highest BCUT2D eigenvalue weighted by Crippen LogP contribution is 2.23. The highest BCUT2D eigenvalue weighted by molar-refractivity contribution is 5.27. The standard InChI is InChI=1S/C14H15F2N3O/c1-2-6-17-7-10-8-18-14(19-9-10)20-12-5-3-4-11(15)13(12)16/h3-5,8-9,17H,2,6-7H2,1H3. The predicted octanol–water partition coefficient (Wildman–Crippen LogP) is 3.05. The molecule has 2 aromatic rings. The Labute approximate surface area is 115 Å². The molecule has 0 aliphatic rings. The van der Waals surface area contributed by atoms with Crippen LogP contribution < -0.4 is 10.1 Å². The molecule has 106 valence electrons. The lowest BCUT2D eigenvalue weighted by molar-refractivity contribution is 0.392. The average molecular weight is 279 g/mol. The van der Waals surface area contributed by atoms with Gasteiger partial charge >= 0.3 is 6.01 Å². The minimum atomic E-state index is -1.05. The van der Waals surface area contributed by atoms with E-state index in [1.165, 1.54) is 12.1 Å². The molecule has 0 radical (unpaired) electrons. The number of aromatic nitrogens is 2. The lowest BCUT2D eigenvalue weighted by atomic mass is 10.3. The van der Waals surface area contributed by atoms with E-state index < -0.39 is 11.6 Å². The molecule has 0 saturated carbocycles. The monoisotopic (exact) mass is 279 g/mol. The number of benzene rings is 1. The second kappa shape index (κ2) is 6.91. The number of hydrogen-bond acceptors (Lipinski definition) is 4. The van der Waals surface area contributed by atoms with Gasteiger partial charge in [-0.3, -0.25) is 0 Å². The third kappa shape index (κ3) is 3.71. The van der Waals surface area contributed by atoms with Gasteiger partial charge in [0, 0.05) is 24.5 Å². The van der Waals surface area contributed by atoms with Gasteiger partial charge in [0.15, 0.2) is 11.6 Å². The predicted molar refractivity (Wildman–Crippen MR) is 70.5 cm³/mol. The molecule has 0 atom stereocenters. The Hall–Kier alpha value is -2.08. The van der Waals surface area contributed by atoms with Crippen molar-refractivity contribution >= 4 is 0 Å². The number of hydrogen-bond donors (Lipinski definition) is 1. The van der Waals surface area contributed by atoms with Crippen molar-refractivity contribution in [2.24, 2.45) is 0 Å². The van der Waals surface area contributed by atoms with Crippen molar-refractivity contribution < 1.29 is 13.5 Å². The Balaban J connectivity index is 2.01. The first-order valence-electron chi connectivity index (χ1n) is 6.34. The molecule has 0 aliphatic carbocycles. The van der Waals surface area contributed by atoms with Crippen molar-refractivity contribution in [1.82, 2.24) is 15.3 Å². The zero-order valence-electron chi connectivity index (χ0n) is 11.1. The van der Waals surface area contributed by atoms with Crippen LogP contribution in [0.4, 0.5) is 8.78 Å².